The predicted octanol–water partition coefficient (Wildman–Crippen LogP) is 15.8. The Morgan fingerprint density at radius 1 is 0.367 bits per heavy atom. The molecule has 0 aliphatic carbocycles. The van der Waals surface area contributed by atoms with Crippen LogP contribution in [0.15, 0.2) is 58.5 Å². The van der Waals surface area contributed by atoms with Crippen molar-refractivity contribution in [1.82, 2.24) is 0 Å². The summed E-state index contributed by atoms with van der Waals surface area (Å²) >= 11 is 0. The van der Waals surface area contributed by atoms with Crippen molar-refractivity contribution >= 4 is 22.8 Å². The molecule has 0 aromatic heterocycles. The van der Waals surface area contributed by atoms with Gasteiger partial charge in [-0.2, -0.15) is 0 Å². The molecule has 0 bridgehead atoms. The molecule has 0 spiro atoms. The van der Waals surface area contributed by atoms with Crippen LogP contribution in [0.25, 0.3) is 0 Å². The first kappa shape index (κ1) is 45.3. The van der Waals surface area contributed by atoms with Crippen LogP contribution in [0.3, 0.4) is 0 Å². The number of aryl methyl sites for hydroxylation is 2. The van der Waals surface area contributed by atoms with Crippen LogP contribution in [-0.4, -0.2) is 11.4 Å². The number of unbranched alkanes of at least 4 members (excludes halogenated alkanes) is 21. The first-order valence-corrected chi connectivity index (χ1v) is 21.0. The van der Waals surface area contributed by atoms with E-state index in [1.165, 1.54) is 184 Å². The van der Waals surface area contributed by atoms with Gasteiger partial charge in [0.1, 0.15) is 0 Å². The van der Waals surface area contributed by atoms with Gasteiger partial charge < -0.3 is 0 Å². The van der Waals surface area contributed by atoms with E-state index in [2.05, 4.69) is 76.2 Å². The first-order chi connectivity index (χ1) is 23.7. The van der Waals surface area contributed by atoms with Crippen molar-refractivity contribution in [3.05, 3.63) is 59.7 Å². The summed E-state index contributed by atoms with van der Waals surface area (Å²) in [5.41, 5.74) is 7.35. The van der Waals surface area contributed by atoms with Gasteiger partial charge in [-0.1, -0.05) is 187 Å². The van der Waals surface area contributed by atoms with Gasteiger partial charge in [0, 0.05) is 16.5 Å². The Morgan fingerprint density at radius 2 is 0.673 bits per heavy atom. The zero-order chi connectivity index (χ0) is 34.3. The summed E-state index contributed by atoms with van der Waals surface area (Å²) in [7, 11) is 0. The van der Waals surface area contributed by atoms with E-state index in [0.29, 0.717) is 0 Å². The molecule has 0 atom stereocenters. The fourth-order valence-electron chi connectivity index (χ4n) is 6.75. The second-order valence-corrected chi connectivity index (χ2v) is 14.5. The maximum absolute atomic E-state index is 5.24. The quantitative estimate of drug-likeness (QED) is 0.0422. The molecule has 0 aliphatic heterocycles. The summed E-state index contributed by atoms with van der Waals surface area (Å²) in [5.74, 6) is 0. The van der Waals surface area contributed by atoms with Gasteiger partial charge >= 0.3 is 0 Å². The minimum absolute atomic E-state index is 0. The zero-order valence-electron chi connectivity index (χ0n) is 32.6. The van der Waals surface area contributed by atoms with E-state index in [0.717, 1.165) is 29.9 Å². The third kappa shape index (κ3) is 23.4. The maximum Gasteiger partial charge on any atom is 0.0633 e. The monoisotopic (exact) mass is 715 g/mol. The third-order valence-electron chi connectivity index (χ3n) is 9.97. The molecule has 49 heavy (non-hydrogen) atoms. The van der Waals surface area contributed by atoms with E-state index in [-0.39, 0.29) is 16.5 Å². The number of rotatable bonds is 31. The van der Waals surface area contributed by atoms with Crippen LogP contribution >= 0.6 is 0 Å². The number of benzene rings is 2. The summed E-state index contributed by atoms with van der Waals surface area (Å²) in [5, 5.41) is 0. The van der Waals surface area contributed by atoms with Crippen LogP contribution in [0.4, 0.5) is 11.4 Å². The van der Waals surface area contributed by atoms with Gasteiger partial charge in [0.25, 0.3) is 0 Å². The molecule has 0 heterocycles. The van der Waals surface area contributed by atoms with E-state index >= 15 is 0 Å². The van der Waals surface area contributed by atoms with Crippen molar-refractivity contribution in [2.75, 3.05) is 0 Å². The molecule has 2 aromatic carbocycles. The molecule has 2 rings (SSSR count). The van der Waals surface area contributed by atoms with Gasteiger partial charge in [-0.25, -0.2) is 0 Å². The van der Waals surface area contributed by atoms with Gasteiger partial charge in [-0.3, -0.25) is 9.98 Å². The molecule has 0 saturated heterocycles. The van der Waals surface area contributed by atoms with Crippen LogP contribution < -0.4 is 0 Å². The molecule has 0 radical (unpaired) electrons. The van der Waals surface area contributed by atoms with Gasteiger partial charge in [0.2, 0.25) is 0 Å². The van der Waals surface area contributed by atoms with Gasteiger partial charge in [-0.15, -0.1) is 0 Å². The van der Waals surface area contributed by atoms with Crippen LogP contribution in [0.2, 0.25) is 0 Å². The summed E-state index contributed by atoms with van der Waals surface area (Å²) in [6.07, 6.45) is 37.0. The molecule has 0 N–H and O–H groups in total. The molecular formula is C46H76N2Ni. The second kappa shape index (κ2) is 32.2. The van der Waals surface area contributed by atoms with Crippen LogP contribution in [-0.2, 0) is 29.3 Å². The Bertz CT molecular complexity index is 1070. The molecule has 0 saturated carbocycles. The predicted molar refractivity (Wildman–Crippen MR) is 217 cm³/mol. The Balaban J connectivity index is 0.0000120. The Labute approximate surface area is 315 Å². The molecule has 0 amide bonds. The standard InChI is InChI=1S/C46H76N2.Ni/c1-5-9-12-15-18-20-22-24-27-30-41-33-37-43(38-34-41)47-45(8-4)46(32-29-26-17-14-11-7-3)48-44-39-35-42(36-40-44)31-28-25-23-21-19-16-13-10-6-2;/h33-40H,5-32H2,1-4H3;. The van der Waals surface area contributed by atoms with E-state index in [9.17, 15) is 0 Å². The summed E-state index contributed by atoms with van der Waals surface area (Å²) in [6, 6.07) is 18.1. The van der Waals surface area contributed by atoms with Gasteiger partial charge in [-0.05, 0) is 80.3 Å². The molecule has 0 aliphatic rings. The van der Waals surface area contributed by atoms with E-state index < -0.39 is 0 Å². The van der Waals surface area contributed by atoms with E-state index in [1.54, 1.807) is 0 Å². The summed E-state index contributed by atoms with van der Waals surface area (Å²) in [6.45, 7) is 9.12. The molecule has 2 aromatic rings. The smallest absolute Gasteiger partial charge is 0.0633 e. The maximum atomic E-state index is 5.24. The van der Waals surface area contributed by atoms with Crippen LogP contribution in [0, 0.1) is 0 Å². The fraction of sp³-hybridized carbons (Fsp3) is 0.696. The van der Waals surface area contributed by atoms with E-state index in [1.807, 2.05) is 0 Å². The summed E-state index contributed by atoms with van der Waals surface area (Å²) < 4.78 is 0. The Kier molecular flexibility index (Phi) is 29.8. The largest absolute Gasteiger partial charge is 0.252 e. The average molecular weight is 716 g/mol. The van der Waals surface area contributed by atoms with Crippen molar-refractivity contribution in [2.24, 2.45) is 9.98 Å². The van der Waals surface area contributed by atoms with Crippen LogP contribution in [0.1, 0.15) is 206 Å². The number of hydrogen-bond acceptors (Lipinski definition) is 2. The Hall–Kier alpha value is -1.73. The third-order valence-corrected chi connectivity index (χ3v) is 9.97. The first-order valence-electron chi connectivity index (χ1n) is 21.0. The van der Waals surface area contributed by atoms with Crippen molar-refractivity contribution in [3.8, 4) is 0 Å². The van der Waals surface area contributed by atoms with E-state index in [4.69, 9.17) is 9.98 Å². The average Bonchev–Trinajstić information content (AvgIpc) is 3.11. The molecule has 2 nitrogen and oxygen atoms in total. The molecular weight excluding hydrogens is 639 g/mol. The molecule has 0 unspecified atom stereocenters. The van der Waals surface area contributed by atoms with Crippen LogP contribution in [0.5, 0.6) is 0 Å². The topological polar surface area (TPSA) is 24.7 Å². The van der Waals surface area contributed by atoms with Gasteiger partial charge in [0.05, 0.1) is 22.8 Å². The normalized spacial score (nSPS) is 12.0. The molecule has 3 heteroatoms. The van der Waals surface area contributed by atoms with Crippen molar-refractivity contribution < 1.29 is 16.5 Å². The zero-order valence-corrected chi connectivity index (χ0v) is 33.6. The van der Waals surface area contributed by atoms with Crippen molar-refractivity contribution in [2.45, 2.75) is 207 Å². The Morgan fingerprint density at radius 3 is 1.02 bits per heavy atom. The number of aliphatic imine (C=N–C) groups is 2. The SMILES string of the molecule is CCCCCCCCCCCc1ccc(N=C(CC)C(CCCCCCCC)=Nc2ccc(CCCCCCCCCCC)cc2)cc1.[Ni]. The minimum atomic E-state index is 0. The fourth-order valence-corrected chi connectivity index (χ4v) is 6.75. The number of hydrogen-bond donors (Lipinski definition) is 0. The van der Waals surface area contributed by atoms with Crippen molar-refractivity contribution in [1.29, 1.82) is 0 Å². The van der Waals surface area contributed by atoms with Gasteiger partial charge in [0.15, 0.2) is 0 Å². The minimum Gasteiger partial charge on any atom is -0.252 e. The number of nitrogens with zero attached hydrogens (tertiary/aromatic N) is 2. The van der Waals surface area contributed by atoms with Crippen molar-refractivity contribution in [3.63, 3.8) is 0 Å². The molecule has 280 valence electrons. The summed E-state index contributed by atoms with van der Waals surface area (Å²) in [4.78, 5) is 10.4. The second-order valence-electron chi connectivity index (χ2n) is 14.5. The molecule has 0 fully saturated rings.